The molecule has 1 unspecified atom stereocenters. The zero-order valence-corrected chi connectivity index (χ0v) is 16.9. The molecule has 1 fully saturated rings. The van der Waals surface area contributed by atoms with Crippen molar-refractivity contribution in [2.75, 3.05) is 38.7 Å². The number of ether oxygens (including phenoxy) is 4. The average Bonchev–Trinajstić information content (AvgIpc) is 3.27. The first-order chi connectivity index (χ1) is 14.3. The highest BCUT2D eigenvalue weighted by Gasteiger charge is 2.30. The number of fused-ring (bicyclic) bond motifs is 2. The van der Waals surface area contributed by atoms with Gasteiger partial charge in [-0.3, -0.25) is 4.79 Å². The van der Waals surface area contributed by atoms with Gasteiger partial charge < -0.3 is 23.8 Å². The minimum Gasteiger partial charge on any atom is -0.486 e. The van der Waals surface area contributed by atoms with Gasteiger partial charge in [0.05, 0.1) is 11.8 Å². The number of amides is 1. The minimum atomic E-state index is 0.0965. The SMILES string of the molecule is O=C(CSc1ccc2c(c1)OCCO2)N1CCCC1c1ccc2c(c1)OCCO2. The summed E-state index contributed by atoms with van der Waals surface area (Å²) >= 11 is 1.54. The number of rotatable bonds is 4. The normalized spacial score (nSPS) is 19.9. The van der Waals surface area contributed by atoms with E-state index in [0.717, 1.165) is 52.8 Å². The monoisotopic (exact) mass is 413 g/mol. The second kappa shape index (κ2) is 8.06. The Balaban J connectivity index is 1.26. The molecule has 0 bridgehead atoms. The number of hydrogen-bond donors (Lipinski definition) is 0. The molecule has 3 aliphatic rings. The van der Waals surface area contributed by atoms with Gasteiger partial charge in [0.25, 0.3) is 0 Å². The summed E-state index contributed by atoms with van der Waals surface area (Å²) in [6, 6.07) is 12.0. The molecule has 0 aromatic heterocycles. The van der Waals surface area contributed by atoms with Gasteiger partial charge in [-0.05, 0) is 48.7 Å². The van der Waals surface area contributed by atoms with Gasteiger partial charge in [0.15, 0.2) is 23.0 Å². The fourth-order valence-corrected chi connectivity index (χ4v) is 4.83. The van der Waals surface area contributed by atoms with Crippen molar-refractivity contribution in [1.82, 2.24) is 4.90 Å². The quantitative estimate of drug-likeness (QED) is 0.713. The van der Waals surface area contributed by atoms with Crippen molar-refractivity contribution in [3.8, 4) is 23.0 Å². The van der Waals surface area contributed by atoms with E-state index in [1.54, 1.807) is 0 Å². The third-order valence-corrected chi connectivity index (χ3v) is 6.38. The van der Waals surface area contributed by atoms with Gasteiger partial charge in [-0.15, -0.1) is 11.8 Å². The standard InChI is InChI=1S/C22H23NO5S/c24-22(14-29-16-4-6-19-21(13-16)28-11-9-26-19)23-7-1-2-17(23)15-3-5-18-20(12-15)27-10-8-25-18/h3-6,12-13,17H,1-2,7-11,14H2. The summed E-state index contributed by atoms with van der Waals surface area (Å²) in [6.07, 6.45) is 1.99. The molecule has 1 amide bonds. The second-order valence-electron chi connectivity index (χ2n) is 7.24. The smallest absolute Gasteiger partial charge is 0.233 e. The molecule has 1 saturated heterocycles. The molecule has 152 valence electrons. The fraction of sp³-hybridized carbons (Fsp3) is 0.409. The van der Waals surface area contributed by atoms with Crippen LogP contribution >= 0.6 is 11.8 Å². The maximum Gasteiger partial charge on any atom is 0.233 e. The van der Waals surface area contributed by atoms with Crippen LogP contribution in [0.5, 0.6) is 23.0 Å². The molecule has 2 aromatic carbocycles. The van der Waals surface area contributed by atoms with Crippen LogP contribution in [-0.2, 0) is 4.79 Å². The number of carbonyl (C=O) groups is 1. The van der Waals surface area contributed by atoms with Crippen molar-refractivity contribution in [3.05, 3.63) is 42.0 Å². The minimum absolute atomic E-state index is 0.0965. The molecule has 29 heavy (non-hydrogen) atoms. The first-order valence-corrected chi connectivity index (χ1v) is 11.0. The largest absolute Gasteiger partial charge is 0.486 e. The van der Waals surface area contributed by atoms with E-state index in [-0.39, 0.29) is 11.9 Å². The lowest BCUT2D eigenvalue weighted by Crippen LogP contribution is -2.32. The van der Waals surface area contributed by atoms with Crippen molar-refractivity contribution in [2.45, 2.75) is 23.8 Å². The lowest BCUT2D eigenvalue weighted by atomic mass is 10.0. The van der Waals surface area contributed by atoms with Crippen LogP contribution in [0.3, 0.4) is 0 Å². The van der Waals surface area contributed by atoms with Gasteiger partial charge in [0.2, 0.25) is 5.91 Å². The summed E-state index contributed by atoms with van der Waals surface area (Å²) in [6.45, 7) is 3.08. The van der Waals surface area contributed by atoms with Gasteiger partial charge in [-0.2, -0.15) is 0 Å². The van der Waals surface area contributed by atoms with Crippen LogP contribution in [0.25, 0.3) is 0 Å². The lowest BCUT2D eigenvalue weighted by molar-refractivity contribution is -0.129. The maximum absolute atomic E-state index is 13.0. The van der Waals surface area contributed by atoms with E-state index in [0.29, 0.717) is 32.2 Å². The Bertz CT molecular complexity index is 918. The van der Waals surface area contributed by atoms with Crippen LogP contribution < -0.4 is 18.9 Å². The predicted molar refractivity (Wildman–Crippen MR) is 109 cm³/mol. The highest BCUT2D eigenvalue weighted by Crippen LogP contribution is 2.39. The van der Waals surface area contributed by atoms with Crippen molar-refractivity contribution < 1.29 is 23.7 Å². The molecule has 0 N–H and O–H groups in total. The van der Waals surface area contributed by atoms with E-state index in [4.69, 9.17) is 18.9 Å². The van der Waals surface area contributed by atoms with Crippen molar-refractivity contribution in [1.29, 1.82) is 0 Å². The van der Waals surface area contributed by atoms with Crippen LogP contribution in [0.1, 0.15) is 24.4 Å². The maximum atomic E-state index is 13.0. The molecule has 0 aliphatic carbocycles. The summed E-state index contributed by atoms with van der Waals surface area (Å²) in [5.74, 6) is 3.64. The molecule has 0 saturated carbocycles. The molecule has 7 heteroatoms. The Morgan fingerprint density at radius 1 is 0.897 bits per heavy atom. The van der Waals surface area contributed by atoms with Gasteiger partial charge in [0, 0.05) is 11.4 Å². The van der Waals surface area contributed by atoms with Gasteiger partial charge >= 0.3 is 0 Å². The zero-order valence-electron chi connectivity index (χ0n) is 16.1. The highest BCUT2D eigenvalue weighted by molar-refractivity contribution is 8.00. The van der Waals surface area contributed by atoms with E-state index in [1.807, 2.05) is 35.2 Å². The van der Waals surface area contributed by atoms with Gasteiger partial charge in [-0.1, -0.05) is 6.07 Å². The molecule has 0 spiro atoms. The molecule has 0 radical (unpaired) electrons. The Kier molecular flexibility index (Phi) is 5.14. The summed E-state index contributed by atoms with van der Waals surface area (Å²) in [4.78, 5) is 16.0. The third-order valence-electron chi connectivity index (χ3n) is 5.40. The number of hydrogen-bond acceptors (Lipinski definition) is 6. The number of nitrogens with zero attached hydrogens (tertiary/aromatic N) is 1. The van der Waals surface area contributed by atoms with Crippen molar-refractivity contribution >= 4 is 17.7 Å². The Hall–Kier alpha value is -2.54. The summed E-state index contributed by atoms with van der Waals surface area (Å²) in [7, 11) is 0. The van der Waals surface area contributed by atoms with E-state index >= 15 is 0 Å². The van der Waals surface area contributed by atoms with Crippen LogP contribution in [0.15, 0.2) is 41.3 Å². The average molecular weight is 413 g/mol. The molecule has 3 heterocycles. The number of thioether (sulfide) groups is 1. The molecule has 2 aromatic rings. The molecular formula is C22H23NO5S. The van der Waals surface area contributed by atoms with Gasteiger partial charge in [-0.25, -0.2) is 0 Å². The van der Waals surface area contributed by atoms with Crippen LogP contribution in [0.4, 0.5) is 0 Å². The number of likely N-dealkylation sites (tertiary alicyclic amines) is 1. The topological polar surface area (TPSA) is 57.2 Å². The fourth-order valence-electron chi connectivity index (χ4n) is 4.02. The predicted octanol–water partition coefficient (Wildman–Crippen LogP) is 3.68. The summed E-state index contributed by atoms with van der Waals surface area (Å²) in [5.41, 5.74) is 1.12. The second-order valence-corrected chi connectivity index (χ2v) is 8.29. The third kappa shape index (κ3) is 3.83. The van der Waals surface area contributed by atoms with E-state index < -0.39 is 0 Å². The molecule has 3 aliphatic heterocycles. The van der Waals surface area contributed by atoms with E-state index in [9.17, 15) is 4.79 Å². The Labute approximate surface area is 174 Å². The highest BCUT2D eigenvalue weighted by atomic mass is 32.2. The first-order valence-electron chi connectivity index (χ1n) is 9.99. The molecule has 6 nitrogen and oxygen atoms in total. The van der Waals surface area contributed by atoms with Crippen LogP contribution in [0, 0.1) is 0 Å². The molecule has 1 atom stereocenters. The molecule has 5 rings (SSSR count). The number of benzene rings is 2. The van der Waals surface area contributed by atoms with Gasteiger partial charge in [0.1, 0.15) is 26.4 Å². The van der Waals surface area contributed by atoms with E-state index in [1.165, 1.54) is 11.8 Å². The molecular weight excluding hydrogens is 390 g/mol. The summed E-state index contributed by atoms with van der Waals surface area (Å²) < 4.78 is 22.5. The van der Waals surface area contributed by atoms with Crippen LogP contribution in [-0.4, -0.2) is 49.5 Å². The Morgan fingerprint density at radius 2 is 1.55 bits per heavy atom. The van der Waals surface area contributed by atoms with Crippen molar-refractivity contribution in [2.24, 2.45) is 0 Å². The number of carbonyl (C=O) groups excluding carboxylic acids is 1. The Morgan fingerprint density at radius 3 is 2.31 bits per heavy atom. The first kappa shape index (κ1) is 18.5. The lowest BCUT2D eigenvalue weighted by Gasteiger charge is -2.27. The zero-order chi connectivity index (χ0) is 19.6. The van der Waals surface area contributed by atoms with E-state index in [2.05, 4.69) is 6.07 Å². The van der Waals surface area contributed by atoms with Crippen LogP contribution in [0.2, 0.25) is 0 Å². The van der Waals surface area contributed by atoms with Crippen molar-refractivity contribution in [3.63, 3.8) is 0 Å². The summed E-state index contributed by atoms with van der Waals surface area (Å²) in [5, 5.41) is 0.